The van der Waals surface area contributed by atoms with Crippen LogP contribution in [0.3, 0.4) is 0 Å². The summed E-state index contributed by atoms with van der Waals surface area (Å²) >= 11 is 6.05. The number of pyridine rings is 1. The zero-order chi connectivity index (χ0) is 30.5. The Bertz CT molecular complexity index is 1640. The monoisotopic (exact) mass is 607 g/mol. The highest BCUT2D eigenvalue weighted by Gasteiger charge is 2.35. The van der Waals surface area contributed by atoms with Crippen LogP contribution in [0.4, 0.5) is 5.82 Å². The number of aliphatic imine (C=N–C) groups is 2. The molecule has 1 aromatic heterocycles. The Hall–Kier alpha value is -4.89. The molecule has 3 heterocycles. The summed E-state index contributed by atoms with van der Waals surface area (Å²) in [7, 11) is 0. The minimum Gasteiger partial charge on any atom is -0.480 e. The number of nitrogens with one attached hydrogen (secondary N) is 2. The Balaban J connectivity index is 1.29. The predicted octanol–water partition coefficient (Wildman–Crippen LogP) is 5.00. The Morgan fingerprint density at radius 2 is 1.57 bits per heavy atom. The van der Waals surface area contributed by atoms with Gasteiger partial charge in [0.25, 0.3) is 0 Å². The average molecular weight is 608 g/mol. The zero-order valence-corrected chi connectivity index (χ0v) is 25.2. The van der Waals surface area contributed by atoms with E-state index in [9.17, 15) is 9.90 Å². The van der Waals surface area contributed by atoms with Crippen molar-refractivity contribution in [2.24, 2.45) is 9.98 Å². The summed E-state index contributed by atoms with van der Waals surface area (Å²) in [4.78, 5) is 31.1. The molecule has 0 aliphatic carbocycles. The lowest BCUT2D eigenvalue weighted by Gasteiger charge is -2.41. The molecule has 4 aromatic rings. The summed E-state index contributed by atoms with van der Waals surface area (Å²) in [6.45, 7) is 4.96. The van der Waals surface area contributed by atoms with Gasteiger partial charge in [0.2, 0.25) is 11.9 Å². The smallest absolute Gasteiger partial charge is 0.328 e. The zero-order valence-electron chi connectivity index (χ0n) is 24.4. The van der Waals surface area contributed by atoms with Gasteiger partial charge >= 0.3 is 5.97 Å². The quantitative estimate of drug-likeness (QED) is 0.272. The molecule has 0 bridgehead atoms. The maximum atomic E-state index is 12.4. The lowest BCUT2D eigenvalue weighted by Crippen LogP contribution is -2.62. The van der Waals surface area contributed by atoms with Crippen molar-refractivity contribution >= 4 is 35.3 Å². The van der Waals surface area contributed by atoms with Gasteiger partial charge in [-0.15, -0.1) is 0 Å². The standard InChI is InChI=1S/C34H34ClN7O2/c1-34(27-14-12-26(13-15-27)25-7-3-2-4-8-25)39-32(37-29(31(43)44)23-24-10-16-28(35)17-11-24)38-33(40-34)42-21-19-41(20-22-42)30-9-5-6-18-36-30/h2-18,29H,19-23H2,1H3,(H,43,44)(H2,37,38,39,40). The molecule has 3 aromatic carbocycles. The molecule has 6 rings (SSSR count). The Labute approximate surface area is 261 Å². The molecule has 2 aliphatic heterocycles. The average Bonchev–Trinajstić information content (AvgIpc) is 3.06. The number of benzene rings is 3. The second-order valence-corrected chi connectivity index (χ2v) is 11.5. The van der Waals surface area contributed by atoms with Crippen LogP contribution in [0.5, 0.6) is 0 Å². The van der Waals surface area contributed by atoms with Gasteiger partial charge in [-0.05, 0) is 53.4 Å². The first kappa shape index (κ1) is 29.2. The number of anilines is 1. The number of aliphatic carboxylic acids is 1. The van der Waals surface area contributed by atoms with Crippen molar-refractivity contribution in [3.8, 4) is 11.1 Å². The number of carboxylic acid groups (broad SMARTS) is 1. The van der Waals surface area contributed by atoms with E-state index in [0.29, 0.717) is 30.0 Å². The van der Waals surface area contributed by atoms with Crippen LogP contribution in [0, 0.1) is 0 Å². The molecule has 0 spiro atoms. The Kier molecular flexibility index (Phi) is 8.47. The van der Waals surface area contributed by atoms with E-state index < -0.39 is 17.7 Å². The van der Waals surface area contributed by atoms with Crippen LogP contribution in [0.25, 0.3) is 11.1 Å². The number of carbonyl (C=O) groups is 1. The number of carboxylic acids is 1. The van der Waals surface area contributed by atoms with Gasteiger partial charge in [0.1, 0.15) is 5.82 Å². The fourth-order valence-corrected chi connectivity index (χ4v) is 5.61. The van der Waals surface area contributed by atoms with Gasteiger partial charge in [-0.2, -0.15) is 0 Å². The van der Waals surface area contributed by atoms with Crippen LogP contribution in [0.2, 0.25) is 5.02 Å². The molecule has 3 N–H and O–H groups in total. The van der Waals surface area contributed by atoms with Gasteiger partial charge in [-0.3, -0.25) is 5.32 Å². The molecule has 0 amide bonds. The molecule has 2 unspecified atom stereocenters. The third-order valence-electron chi connectivity index (χ3n) is 7.94. The van der Waals surface area contributed by atoms with Crippen LogP contribution >= 0.6 is 11.6 Å². The van der Waals surface area contributed by atoms with Crippen molar-refractivity contribution in [1.82, 2.24) is 20.5 Å². The summed E-state index contributed by atoms with van der Waals surface area (Å²) in [5.41, 5.74) is 3.10. The lowest BCUT2D eigenvalue weighted by atomic mass is 9.97. The summed E-state index contributed by atoms with van der Waals surface area (Å²) in [6.07, 6.45) is 2.03. The largest absolute Gasteiger partial charge is 0.480 e. The van der Waals surface area contributed by atoms with Crippen molar-refractivity contribution in [1.29, 1.82) is 0 Å². The van der Waals surface area contributed by atoms with E-state index in [1.54, 1.807) is 18.3 Å². The summed E-state index contributed by atoms with van der Waals surface area (Å²) in [5, 5.41) is 17.4. The summed E-state index contributed by atoms with van der Waals surface area (Å²) in [6, 6.07) is 30.6. The second-order valence-electron chi connectivity index (χ2n) is 11.0. The lowest BCUT2D eigenvalue weighted by molar-refractivity contribution is -0.138. The van der Waals surface area contributed by atoms with Crippen LogP contribution in [0.15, 0.2) is 113 Å². The fraction of sp³-hybridized carbons (Fsp3) is 0.235. The molecular weight excluding hydrogens is 574 g/mol. The van der Waals surface area contributed by atoms with E-state index >= 15 is 0 Å². The van der Waals surface area contributed by atoms with Crippen LogP contribution in [-0.4, -0.2) is 65.1 Å². The van der Waals surface area contributed by atoms with E-state index in [0.717, 1.165) is 41.2 Å². The van der Waals surface area contributed by atoms with Crippen molar-refractivity contribution in [3.63, 3.8) is 0 Å². The fourth-order valence-electron chi connectivity index (χ4n) is 5.48. The molecule has 10 heteroatoms. The van der Waals surface area contributed by atoms with E-state index in [1.165, 1.54) is 0 Å². The van der Waals surface area contributed by atoms with E-state index in [1.807, 2.05) is 55.5 Å². The van der Waals surface area contributed by atoms with Crippen LogP contribution in [-0.2, 0) is 16.9 Å². The van der Waals surface area contributed by atoms with Gasteiger partial charge in [0, 0.05) is 43.8 Å². The maximum Gasteiger partial charge on any atom is 0.328 e. The Morgan fingerprint density at radius 3 is 2.23 bits per heavy atom. The Morgan fingerprint density at radius 1 is 0.909 bits per heavy atom. The molecular formula is C34H34ClN7O2. The number of hydrogen-bond donors (Lipinski definition) is 3. The minimum absolute atomic E-state index is 0.219. The first-order chi connectivity index (χ1) is 21.4. The molecule has 9 nitrogen and oxygen atoms in total. The number of rotatable bonds is 7. The highest BCUT2D eigenvalue weighted by molar-refractivity contribution is 6.30. The second kappa shape index (κ2) is 12.8. The van der Waals surface area contributed by atoms with Gasteiger partial charge in [0.05, 0.1) is 0 Å². The molecule has 44 heavy (non-hydrogen) atoms. The van der Waals surface area contributed by atoms with Crippen LogP contribution in [0.1, 0.15) is 18.1 Å². The van der Waals surface area contributed by atoms with E-state index in [4.69, 9.17) is 16.6 Å². The molecule has 2 aliphatic rings. The minimum atomic E-state index is -1.02. The van der Waals surface area contributed by atoms with Crippen LogP contribution < -0.4 is 15.5 Å². The van der Waals surface area contributed by atoms with Crippen molar-refractivity contribution in [3.05, 3.63) is 119 Å². The SMILES string of the molecule is CC1(c2ccc(-c3ccccc3)cc2)N=C(N2CCN(c3ccccn3)CC2)NC(=NC(Cc2ccc(Cl)cc2)C(=O)O)N1. The predicted molar refractivity (Wildman–Crippen MR) is 175 cm³/mol. The topological polar surface area (TPSA) is 105 Å². The highest BCUT2D eigenvalue weighted by Crippen LogP contribution is 2.28. The highest BCUT2D eigenvalue weighted by atomic mass is 35.5. The molecule has 2 atom stereocenters. The van der Waals surface area contributed by atoms with Gasteiger partial charge < -0.3 is 20.2 Å². The molecule has 0 saturated carbocycles. The number of aromatic nitrogens is 1. The van der Waals surface area contributed by atoms with Crippen molar-refractivity contribution < 1.29 is 9.90 Å². The number of guanidine groups is 2. The summed E-state index contributed by atoms with van der Waals surface area (Å²) < 4.78 is 0. The van der Waals surface area contributed by atoms with Gasteiger partial charge in [-0.1, -0.05) is 84.4 Å². The number of piperazine rings is 1. The normalized spacial score (nSPS) is 20.0. The van der Waals surface area contributed by atoms with E-state index in [-0.39, 0.29) is 6.42 Å². The molecule has 0 radical (unpaired) electrons. The summed E-state index contributed by atoms with van der Waals surface area (Å²) in [5.74, 6) is 0.939. The van der Waals surface area contributed by atoms with Gasteiger partial charge in [0.15, 0.2) is 11.7 Å². The number of hydrogen-bond acceptors (Lipinski definition) is 6. The third kappa shape index (κ3) is 6.68. The first-order valence-corrected chi connectivity index (χ1v) is 15.0. The van der Waals surface area contributed by atoms with Gasteiger partial charge in [-0.25, -0.2) is 19.8 Å². The number of halogens is 1. The van der Waals surface area contributed by atoms with E-state index in [2.05, 4.69) is 66.8 Å². The first-order valence-electron chi connectivity index (χ1n) is 14.6. The van der Waals surface area contributed by atoms with Crippen molar-refractivity contribution in [2.45, 2.75) is 25.0 Å². The van der Waals surface area contributed by atoms with Crippen molar-refractivity contribution in [2.75, 3.05) is 31.1 Å². The third-order valence-corrected chi connectivity index (χ3v) is 8.19. The molecule has 224 valence electrons. The molecule has 1 saturated heterocycles. The molecule has 1 fully saturated rings. The maximum absolute atomic E-state index is 12.4. The number of nitrogens with zero attached hydrogens (tertiary/aromatic N) is 5.